The lowest BCUT2D eigenvalue weighted by Gasteiger charge is -2.30. The summed E-state index contributed by atoms with van der Waals surface area (Å²) in [4.78, 5) is 2.40. The van der Waals surface area contributed by atoms with Crippen molar-refractivity contribution in [2.24, 2.45) is 5.73 Å². The van der Waals surface area contributed by atoms with Crippen LogP contribution in [0.25, 0.3) is 0 Å². The smallest absolute Gasteiger partial charge is 0.0608 e. The maximum atomic E-state index is 9.03. The molecule has 0 heterocycles. The van der Waals surface area contributed by atoms with E-state index in [4.69, 9.17) is 10.8 Å². The molecule has 0 aromatic carbocycles. The summed E-state index contributed by atoms with van der Waals surface area (Å²) < 4.78 is 0. The number of aliphatic hydroxyl groups is 1. The maximum Gasteiger partial charge on any atom is 0.0608 e. The molecular weight excluding hydrogens is 176 g/mol. The Balaban J connectivity index is 3.93. The van der Waals surface area contributed by atoms with E-state index in [1.165, 1.54) is 6.42 Å². The van der Waals surface area contributed by atoms with E-state index in [1.807, 2.05) is 6.92 Å². The Bertz CT molecular complexity index is 146. The maximum absolute atomic E-state index is 9.03. The zero-order valence-electron chi connectivity index (χ0n) is 10.1. The lowest BCUT2D eigenvalue weighted by molar-refractivity contribution is 0.159. The van der Waals surface area contributed by atoms with E-state index in [0.717, 1.165) is 19.5 Å². The minimum atomic E-state index is -0.430. The van der Waals surface area contributed by atoms with Gasteiger partial charge >= 0.3 is 0 Å². The van der Waals surface area contributed by atoms with Crippen LogP contribution in [-0.4, -0.2) is 41.3 Å². The molecule has 0 bridgehead atoms. The summed E-state index contributed by atoms with van der Waals surface area (Å²) in [5, 5.41) is 9.03. The lowest BCUT2D eigenvalue weighted by atomic mass is 10.00. The third-order valence-electron chi connectivity index (χ3n) is 2.57. The molecule has 0 spiro atoms. The molecule has 0 aromatic heterocycles. The van der Waals surface area contributed by atoms with Crippen LogP contribution in [0.15, 0.2) is 0 Å². The first-order valence-electron chi connectivity index (χ1n) is 5.56. The molecule has 0 saturated carbocycles. The molecule has 0 aliphatic carbocycles. The summed E-state index contributed by atoms with van der Waals surface area (Å²) in [6, 6.07) is 0.560. The highest BCUT2D eigenvalue weighted by Gasteiger charge is 2.19. The van der Waals surface area contributed by atoms with E-state index in [2.05, 4.69) is 25.7 Å². The van der Waals surface area contributed by atoms with Gasteiger partial charge in [0, 0.05) is 18.1 Å². The van der Waals surface area contributed by atoms with Crippen molar-refractivity contribution in [2.75, 3.05) is 19.7 Å². The van der Waals surface area contributed by atoms with Crippen molar-refractivity contribution < 1.29 is 5.11 Å². The van der Waals surface area contributed by atoms with Gasteiger partial charge in [0.2, 0.25) is 0 Å². The van der Waals surface area contributed by atoms with Gasteiger partial charge < -0.3 is 15.7 Å². The molecule has 3 N–H and O–H groups in total. The zero-order valence-corrected chi connectivity index (χ0v) is 10.1. The van der Waals surface area contributed by atoms with Gasteiger partial charge in [0.05, 0.1) is 6.61 Å². The first-order valence-corrected chi connectivity index (χ1v) is 5.56. The predicted octanol–water partition coefficient (Wildman–Crippen LogP) is 1.21. The average molecular weight is 202 g/mol. The summed E-state index contributed by atoms with van der Waals surface area (Å²) >= 11 is 0. The Hall–Kier alpha value is -0.120. The second-order valence-electron chi connectivity index (χ2n) is 4.69. The number of hydrogen-bond donors (Lipinski definition) is 2. The molecule has 0 aliphatic heterocycles. The Kier molecular flexibility index (Phi) is 6.33. The minimum absolute atomic E-state index is 0.0606. The standard InChI is InChI=1S/C11H26N2O/c1-5-7-13(10(2)3)8-6-11(4,12)9-14/h10,14H,5-9,12H2,1-4H3. The minimum Gasteiger partial charge on any atom is -0.394 e. The summed E-state index contributed by atoms with van der Waals surface area (Å²) in [5.74, 6) is 0. The molecule has 86 valence electrons. The van der Waals surface area contributed by atoms with Gasteiger partial charge in [-0.2, -0.15) is 0 Å². The molecule has 0 aliphatic rings. The van der Waals surface area contributed by atoms with Crippen LogP contribution >= 0.6 is 0 Å². The fraction of sp³-hybridized carbons (Fsp3) is 1.00. The highest BCUT2D eigenvalue weighted by atomic mass is 16.3. The van der Waals surface area contributed by atoms with Crippen molar-refractivity contribution in [3.05, 3.63) is 0 Å². The van der Waals surface area contributed by atoms with E-state index in [9.17, 15) is 0 Å². The monoisotopic (exact) mass is 202 g/mol. The van der Waals surface area contributed by atoms with Crippen LogP contribution in [0.4, 0.5) is 0 Å². The Morgan fingerprint density at radius 2 is 1.93 bits per heavy atom. The summed E-state index contributed by atoms with van der Waals surface area (Å²) in [6.45, 7) is 10.6. The van der Waals surface area contributed by atoms with Crippen LogP contribution < -0.4 is 5.73 Å². The molecule has 0 saturated heterocycles. The number of hydrogen-bond acceptors (Lipinski definition) is 3. The Morgan fingerprint density at radius 3 is 2.29 bits per heavy atom. The van der Waals surface area contributed by atoms with Crippen LogP contribution in [0.2, 0.25) is 0 Å². The molecule has 3 nitrogen and oxygen atoms in total. The number of rotatable bonds is 7. The summed E-state index contributed by atoms with van der Waals surface area (Å²) in [5.41, 5.74) is 5.45. The average Bonchev–Trinajstić information content (AvgIpc) is 2.12. The molecule has 0 fully saturated rings. The molecule has 3 heteroatoms. The topological polar surface area (TPSA) is 49.5 Å². The van der Waals surface area contributed by atoms with Crippen LogP contribution in [0.5, 0.6) is 0 Å². The molecule has 1 atom stereocenters. The molecule has 0 amide bonds. The molecule has 14 heavy (non-hydrogen) atoms. The fourth-order valence-corrected chi connectivity index (χ4v) is 1.39. The van der Waals surface area contributed by atoms with E-state index in [1.54, 1.807) is 0 Å². The van der Waals surface area contributed by atoms with E-state index >= 15 is 0 Å². The largest absolute Gasteiger partial charge is 0.394 e. The van der Waals surface area contributed by atoms with Crippen molar-refractivity contribution >= 4 is 0 Å². The number of nitrogens with zero attached hydrogens (tertiary/aromatic N) is 1. The normalized spacial score (nSPS) is 16.3. The summed E-state index contributed by atoms with van der Waals surface area (Å²) in [6.07, 6.45) is 2.01. The highest BCUT2D eigenvalue weighted by Crippen LogP contribution is 2.08. The number of aliphatic hydroxyl groups excluding tert-OH is 1. The van der Waals surface area contributed by atoms with Gasteiger partial charge in [-0.3, -0.25) is 0 Å². The highest BCUT2D eigenvalue weighted by molar-refractivity contribution is 4.79. The van der Waals surface area contributed by atoms with Crippen molar-refractivity contribution in [1.82, 2.24) is 4.90 Å². The first-order chi connectivity index (χ1) is 6.43. The van der Waals surface area contributed by atoms with Gasteiger partial charge in [-0.1, -0.05) is 6.92 Å². The van der Waals surface area contributed by atoms with Crippen molar-refractivity contribution in [1.29, 1.82) is 0 Å². The van der Waals surface area contributed by atoms with Gasteiger partial charge in [-0.25, -0.2) is 0 Å². The van der Waals surface area contributed by atoms with Crippen LogP contribution in [0, 0.1) is 0 Å². The van der Waals surface area contributed by atoms with Gasteiger partial charge in [-0.05, 0) is 40.2 Å². The first kappa shape index (κ1) is 13.9. The molecule has 0 radical (unpaired) electrons. The van der Waals surface area contributed by atoms with Gasteiger partial charge in [-0.15, -0.1) is 0 Å². The Morgan fingerprint density at radius 1 is 1.36 bits per heavy atom. The van der Waals surface area contributed by atoms with Gasteiger partial charge in [0.25, 0.3) is 0 Å². The predicted molar refractivity (Wildman–Crippen MR) is 61.3 cm³/mol. The van der Waals surface area contributed by atoms with Gasteiger partial charge in [0.1, 0.15) is 0 Å². The molecule has 0 aromatic rings. The fourth-order valence-electron chi connectivity index (χ4n) is 1.39. The van der Waals surface area contributed by atoms with Crippen LogP contribution in [-0.2, 0) is 0 Å². The molecule has 1 unspecified atom stereocenters. The zero-order chi connectivity index (χ0) is 11.2. The lowest BCUT2D eigenvalue weighted by Crippen LogP contribution is -2.44. The third-order valence-corrected chi connectivity index (χ3v) is 2.57. The van der Waals surface area contributed by atoms with Crippen molar-refractivity contribution in [2.45, 2.75) is 52.1 Å². The van der Waals surface area contributed by atoms with Crippen molar-refractivity contribution in [3.8, 4) is 0 Å². The van der Waals surface area contributed by atoms with E-state index in [-0.39, 0.29) is 6.61 Å². The van der Waals surface area contributed by atoms with Gasteiger partial charge in [0.15, 0.2) is 0 Å². The quantitative estimate of drug-likeness (QED) is 0.652. The van der Waals surface area contributed by atoms with E-state index < -0.39 is 5.54 Å². The Labute approximate surface area is 88.3 Å². The number of nitrogens with two attached hydrogens (primary N) is 1. The molecule has 0 rings (SSSR count). The van der Waals surface area contributed by atoms with Crippen molar-refractivity contribution in [3.63, 3.8) is 0 Å². The van der Waals surface area contributed by atoms with E-state index in [0.29, 0.717) is 6.04 Å². The summed E-state index contributed by atoms with van der Waals surface area (Å²) in [7, 11) is 0. The molecular formula is C11H26N2O. The van der Waals surface area contributed by atoms with Crippen LogP contribution in [0.3, 0.4) is 0 Å². The SMILES string of the molecule is CCCN(CCC(C)(N)CO)C(C)C. The van der Waals surface area contributed by atoms with Crippen LogP contribution in [0.1, 0.15) is 40.5 Å². The second kappa shape index (κ2) is 6.38. The third kappa shape index (κ3) is 5.58. The second-order valence-corrected chi connectivity index (χ2v) is 4.69.